The Morgan fingerprint density at radius 3 is 2.46 bits per heavy atom. The van der Waals surface area contributed by atoms with Crippen molar-refractivity contribution in [2.45, 2.75) is 38.1 Å². The summed E-state index contributed by atoms with van der Waals surface area (Å²) in [7, 11) is 0. The third-order valence-electron chi connectivity index (χ3n) is 4.85. The number of nitrogens with zero attached hydrogens (tertiary/aromatic N) is 3. The summed E-state index contributed by atoms with van der Waals surface area (Å²) >= 11 is 0. The van der Waals surface area contributed by atoms with Gasteiger partial charge >= 0.3 is 0 Å². The average molecular weight is 352 g/mol. The second-order valence-electron chi connectivity index (χ2n) is 6.67. The molecule has 0 bridgehead atoms. The first-order chi connectivity index (χ1) is 12.7. The molecule has 26 heavy (non-hydrogen) atoms. The molecule has 3 aromatic rings. The zero-order valence-corrected chi connectivity index (χ0v) is 14.4. The summed E-state index contributed by atoms with van der Waals surface area (Å²) in [5.74, 6) is 0.225. The molecule has 2 heterocycles. The van der Waals surface area contributed by atoms with E-state index in [0.717, 1.165) is 25.7 Å². The second-order valence-corrected chi connectivity index (χ2v) is 6.67. The molecule has 0 saturated heterocycles. The third-order valence-corrected chi connectivity index (χ3v) is 4.85. The van der Waals surface area contributed by atoms with E-state index in [-0.39, 0.29) is 17.8 Å². The topological polar surface area (TPSA) is 51.9 Å². The van der Waals surface area contributed by atoms with Crippen LogP contribution in [0.5, 0.6) is 0 Å². The van der Waals surface area contributed by atoms with Crippen molar-refractivity contribution in [2.75, 3.05) is 0 Å². The summed E-state index contributed by atoms with van der Waals surface area (Å²) in [6.45, 7) is 0. The van der Waals surface area contributed by atoms with Crippen LogP contribution < -0.4 is 5.32 Å². The SMILES string of the molecule is O=C(NC1CCCCC1)c1cnn(-c2ccc(F)cc2)c1-n1cccc1. The molecule has 0 spiro atoms. The monoisotopic (exact) mass is 352 g/mol. The Labute approximate surface area is 151 Å². The van der Waals surface area contributed by atoms with Crippen LogP contribution in [0.4, 0.5) is 4.39 Å². The fourth-order valence-corrected chi connectivity index (χ4v) is 3.51. The Morgan fingerprint density at radius 1 is 1.08 bits per heavy atom. The van der Waals surface area contributed by atoms with Crippen LogP contribution in [0.25, 0.3) is 11.5 Å². The van der Waals surface area contributed by atoms with Crippen LogP contribution in [0.2, 0.25) is 0 Å². The summed E-state index contributed by atoms with van der Waals surface area (Å²) in [5.41, 5.74) is 1.21. The Balaban J connectivity index is 1.70. The molecule has 4 rings (SSSR count). The lowest BCUT2D eigenvalue weighted by Crippen LogP contribution is -2.36. The van der Waals surface area contributed by atoms with Crippen LogP contribution in [0.15, 0.2) is 55.0 Å². The maximum absolute atomic E-state index is 13.3. The van der Waals surface area contributed by atoms with Crippen molar-refractivity contribution in [3.63, 3.8) is 0 Å². The van der Waals surface area contributed by atoms with Gasteiger partial charge in [-0.3, -0.25) is 4.79 Å². The van der Waals surface area contributed by atoms with Crippen LogP contribution >= 0.6 is 0 Å². The van der Waals surface area contributed by atoms with Crippen LogP contribution in [-0.2, 0) is 0 Å². The predicted molar refractivity (Wildman–Crippen MR) is 97.2 cm³/mol. The highest BCUT2D eigenvalue weighted by molar-refractivity contribution is 5.97. The van der Waals surface area contributed by atoms with Crippen molar-refractivity contribution in [3.8, 4) is 11.5 Å². The van der Waals surface area contributed by atoms with E-state index in [1.165, 1.54) is 18.6 Å². The third kappa shape index (κ3) is 3.27. The maximum Gasteiger partial charge on any atom is 0.256 e. The molecule has 0 unspecified atom stereocenters. The number of carbonyl (C=O) groups is 1. The molecule has 0 radical (unpaired) electrons. The normalized spacial score (nSPS) is 15.1. The standard InChI is InChI=1S/C20H21FN4O/c21-15-8-10-17(11-9-15)25-20(24-12-4-5-13-24)18(14-22-25)19(26)23-16-6-2-1-3-7-16/h4-5,8-14,16H,1-3,6-7H2,(H,23,26). The smallest absolute Gasteiger partial charge is 0.256 e. The minimum absolute atomic E-state index is 0.117. The molecule has 5 nitrogen and oxygen atoms in total. The predicted octanol–water partition coefficient (Wildman–Crippen LogP) is 3.86. The van der Waals surface area contributed by atoms with E-state index in [9.17, 15) is 9.18 Å². The molecule has 0 atom stereocenters. The number of amides is 1. The van der Waals surface area contributed by atoms with Crippen molar-refractivity contribution in [1.82, 2.24) is 19.7 Å². The summed E-state index contributed by atoms with van der Waals surface area (Å²) in [6, 6.07) is 10.1. The number of rotatable bonds is 4. The summed E-state index contributed by atoms with van der Waals surface area (Å²) < 4.78 is 16.8. The molecule has 134 valence electrons. The zero-order chi connectivity index (χ0) is 17.9. The number of hydrogen-bond donors (Lipinski definition) is 1. The van der Waals surface area contributed by atoms with Gasteiger partial charge in [-0.2, -0.15) is 5.10 Å². The largest absolute Gasteiger partial charge is 0.349 e. The lowest BCUT2D eigenvalue weighted by atomic mass is 9.95. The van der Waals surface area contributed by atoms with E-state index in [1.807, 2.05) is 29.1 Å². The molecule has 2 aromatic heterocycles. The van der Waals surface area contributed by atoms with Gasteiger partial charge in [0, 0.05) is 18.4 Å². The van der Waals surface area contributed by atoms with E-state index < -0.39 is 0 Å². The van der Waals surface area contributed by atoms with Gasteiger partial charge in [-0.25, -0.2) is 9.07 Å². The van der Waals surface area contributed by atoms with E-state index in [1.54, 1.807) is 23.0 Å². The maximum atomic E-state index is 13.3. The highest BCUT2D eigenvalue weighted by Crippen LogP contribution is 2.22. The first-order valence-corrected chi connectivity index (χ1v) is 9.00. The van der Waals surface area contributed by atoms with Gasteiger partial charge in [0.2, 0.25) is 0 Å². The summed E-state index contributed by atoms with van der Waals surface area (Å²) in [4.78, 5) is 12.9. The van der Waals surface area contributed by atoms with Crippen LogP contribution in [0, 0.1) is 5.82 Å². The first-order valence-electron chi connectivity index (χ1n) is 9.00. The van der Waals surface area contributed by atoms with Crippen LogP contribution in [0.3, 0.4) is 0 Å². The molecular formula is C20H21FN4O. The number of halogens is 1. The van der Waals surface area contributed by atoms with E-state index in [4.69, 9.17) is 0 Å². The molecular weight excluding hydrogens is 331 g/mol. The van der Waals surface area contributed by atoms with Crippen molar-refractivity contribution in [3.05, 3.63) is 66.4 Å². The molecule has 1 aromatic carbocycles. The number of carbonyl (C=O) groups excluding carboxylic acids is 1. The van der Waals surface area contributed by atoms with Crippen LogP contribution in [-0.4, -0.2) is 26.3 Å². The molecule has 1 N–H and O–H groups in total. The molecule has 1 fully saturated rings. The number of hydrogen-bond acceptors (Lipinski definition) is 2. The van der Waals surface area contributed by atoms with Gasteiger partial charge < -0.3 is 9.88 Å². The van der Waals surface area contributed by atoms with Crippen molar-refractivity contribution < 1.29 is 9.18 Å². The first kappa shape index (κ1) is 16.6. The Bertz CT molecular complexity index is 877. The van der Waals surface area contributed by atoms with Gasteiger partial charge in [0.15, 0.2) is 5.82 Å². The van der Waals surface area contributed by atoms with E-state index >= 15 is 0 Å². The molecule has 6 heteroatoms. The highest BCUT2D eigenvalue weighted by Gasteiger charge is 2.23. The summed E-state index contributed by atoms with van der Waals surface area (Å²) in [6.07, 6.45) is 10.9. The Morgan fingerprint density at radius 2 is 1.77 bits per heavy atom. The van der Waals surface area contributed by atoms with Crippen molar-refractivity contribution in [2.24, 2.45) is 0 Å². The number of aromatic nitrogens is 3. The van der Waals surface area contributed by atoms with Gasteiger partial charge in [0.05, 0.1) is 11.9 Å². The molecule has 0 aliphatic heterocycles. The Kier molecular flexibility index (Phi) is 4.56. The van der Waals surface area contributed by atoms with Gasteiger partial charge in [0.25, 0.3) is 5.91 Å². The van der Waals surface area contributed by atoms with Gasteiger partial charge in [-0.15, -0.1) is 0 Å². The summed E-state index contributed by atoms with van der Waals surface area (Å²) in [5, 5.41) is 7.54. The zero-order valence-electron chi connectivity index (χ0n) is 14.4. The van der Waals surface area contributed by atoms with Gasteiger partial charge in [0.1, 0.15) is 11.4 Å². The molecule has 1 saturated carbocycles. The lowest BCUT2D eigenvalue weighted by Gasteiger charge is -2.22. The highest BCUT2D eigenvalue weighted by atomic mass is 19.1. The van der Waals surface area contributed by atoms with Crippen molar-refractivity contribution in [1.29, 1.82) is 0 Å². The van der Waals surface area contributed by atoms with E-state index in [0.29, 0.717) is 17.1 Å². The van der Waals surface area contributed by atoms with Crippen LogP contribution in [0.1, 0.15) is 42.5 Å². The fraction of sp³-hybridized carbons (Fsp3) is 0.300. The Hall–Kier alpha value is -2.89. The second kappa shape index (κ2) is 7.15. The van der Waals surface area contributed by atoms with E-state index in [2.05, 4.69) is 10.4 Å². The lowest BCUT2D eigenvalue weighted by molar-refractivity contribution is 0.0927. The minimum Gasteiger partial charge on any atom is -0.349 e. The molecule has 1 aliphatic carbocycles. The fourth-order valence-electron chi connectivity index (χ4n) is 3.51. The molecule has 1 aliphatic rings. The van der Waals surface area contributed by atoms with Crippen molar-refractivity contribution >= 4 is 5.91 Å². The van der Waals surface area contributed by atoms with Gasteiger partial charge in [-0.05, 0) is 49.2 Å². The minimum atomic E-state index is -0.307. The number of benzene rings is 1. The quantitative estimate of drug-likeness (QED) is 0.775. The number of nitrogens with one attached hydrogen (secondary N) is 1. The average Bonchev–Trinajstić information content (AvgIpc) is 3.32. The molecule has 1 amide bonds. The van der Waals surface area contributed by atoms with Gasteiger partial charge in [-0.1, -0.05) is 19.3 Å².